The largest absolute Gasteiger partial charge is 0.274 e. The van der Waals surface area contributed by atoms with Gasteiger partial charge in [0.2, 0.25) is 0 Å². The summed E-state index contributed by atoms with van der Waals surface area (Å²) in [6, 6.07) is 0. The first-order valence-electron chi connectivity index (χ1n) is 2.13. The topological polar surface area (TPSA) is 60.9 Å². The quantitative estimate of drug-likeness (QED) is 0.300. The predicted octanol–water partition coefficient (Wildman–Crippen LogP) is 1.09. The monoisotopic (exact) mass is 112 g/mol. The molecule has 0 saturated carbocycles. The summed E-state index contributed by atoms with van der Waals surface area (Å²) < 4.78 is 0. The van der Waals surface area contributed by atoms with Crippen molar-refractivity contribution in [2.75, 3.05) is 7.05 Å². The standard InChI is InChI=1S/C4H8N4/c1-4(6-2)7-3-8-5/h3,5H,1-2H3/b6-4-,7-3-,8-5?. The van der Waals surface area contributed by atoms with Gasteiger partial charge in [-0.25, -0.2) is 10.5 Å². The minimum absolute atomic E-state index is 0.626. The van der Waals surface area contributed by atoms with E-state index in [4.69, 9.17) is 5.53 Å². The Morgan fingerprint density at radius 2 is 2.25 bits per heavy atom. The van der Waals surface area contributed by atoms with Gasteiger partial charge in [-0.05, 0) is 6.92 Å². The predicted molar refractivity (Wildman–Crippen MR) is 32.7 cm³/mol. The fourth-order valence-corrected chi connectivity index (χ4v) is 0.170. The van der Waals surface area contributed by atoms with E-state index >= 15 is 0 Å². The zero-order valence-electron chi connectivity index (χ0n) is 4.92. The van der Waals surface area contributed by atoms with Gasteiger partial charge in [-0.15, -0.1) is 5.11 Å². The van der Waals surface area contributed by atoms with Crippen molar-refractivity contribution >= 4 is 12.2 Å². The van der Waals surface area contributed by atoms with Crippen molar-refractivity contribution in [1.82, 2.24) is 0 Å². The van der Waals surface area contributed by atoms with Gasteiger partial charge in [0.15, 0.2) is 0 Å². The molecule has 4 nitrogen and oxygen atoms in total. The van der Waals surface area contributed by atoms with Crippen LogP contribution < -0.4 is 0 Å². The summed E-state index contributed by atoms with van der Waals surface area (Å²) in [5.74, 6) is 0.626. The van der Waals surface area contributed by atoms with Crippen molar-refractivity contribution in [2.24, 2.45) is 15.1 Å². The van der Waals surface area contributed by atoms with Crippen molar-refractivity contribution in [3.63, 3.8) is 0 Å². The third-order valence-electron chi connectivity index (χ3n) is 0.626. The average molecular weight is 112 g/mol. The van der Waals surface area contributed by atoms with Crippen LogP contribution in [0.1, 0.15) is 6.92 Å². The Hall–Kier alpha value is -1.06. The third kappa shape index (κ3) is 3.14. The molecule has 0 aromatic carbocycles. The molecule has 0 bridgehead atoms. The first kappa shape index (κ1) is 6.94. The molecule has 0 unspecified atom stereocenters. The van der Waals surface area contributed by atoms with Gasteiger partial charge in [0.05, 0.1) is 0 Å². The molecule has 0 amide bonds. The van der Waals surface area contributed by atoms with Crippen LogP contribution in [0.25, 0.3) is 0 Å². The molecule has 0 aromatic heterocycles. The Kier molecular flexibility index (Phi) is 3.56. The number of amidine groups is 1. The summed E-state index contributed by atoms with van der Waals surface area (Å²) >= 11 is 0. The van der Waals surface area contributed by atoms with Crippen molar-refractivity contribution in [3.8, 4) is 0 Å². The molecule has 0 aliphatic rings. The minimum atomic E-state index is 0.626. The van der Waals surface area contributed by atoms with Crippen molar-refractivity contribution in [3.05, 3.63) is 0 Å². The molecular weight excluding hydrogens is 104 g/mol. The third-order valence-corrected chi connectivity index (χ3v) is 0.626. The molecule has 8 heavy (non-hydrogen) atoms. The van der Waals surface area contributed by atoms with E-state index in [1.165, 1.54) is 0 Å². The summed E-state index contributed by atoms with van der Waals surface area (Å²) in [5, 5.41) is 2.90. The summed E-state index contributed by atoms with van der Waals surface area (Å²) in [7, 11) is 1.64. The highest BCUT2D eigenvalue weighted by Crippen LogP contribution is 1.73. The van der Waals surface area contributed by atoms with Crippen molar-refractivity contribution in [1.29, 1.82) is 5.53 Å². The number of nitrogens with zero attached hydrogens (tertiary/aromatic N) is 3. The van der Waals surface area contributed by atoms with Gasteiger partial charge in [0.25, 0.3) is 0 Å². The van der Waals surface area contributed by atoms with E-state index in [9.17, 15) is 0 Å². The van der Waals surface area contributed by atoms with Crippen LogP contribution in [0.5, 0.6) is 0 Å². The summed E-state index contributed by atoms with van der Waals surface area (Å²) in [5.41, 5.74) is 6.29. The molecule has 0 heterocycles. The summed E-state index contributed by atoms with van der Waals surface area (Å²) in [6.07, 6.45) is 1.14. The van der Waals surface area contributed by atoms with Crippen LogP contribution in [0.15, 0.2) is 15.1 Å². The van der Waals surface area contributed by atoms with E-state index < -0.39 is 0 Å². The van der Waals surface area contributed by atoms with Crippen LogP contribution in [-0.2, 0) is 0 Å². The fourth-order valence-electron chi connectivity index (χ4n) is 0.170. The molecule has 0 aromatic rings. The molecule has 44 valence electrons. The number of hydrogen-bond acceptors (Lipinski definition) is 2. The van der Waals surface area contributed by atoms with Gasteiger partial charge in [-0.2, -0.15) is 0 Å². The van der Waals surface area contributed by atoms with Gasteiger partial charge in [0.1, 0.15) is 12.2 Å². The molecule has 0 atom stereocenters. The van der Waals surface area contributed by atoms with Crippen LogP contribution in [0.3, 0.4) is 0 Å². The van der Waals surface area contributed by atoms with Crippen LogP contribution in [0.2, 0.25) is 0 Å². The second kappa shape index (κ2) is 4.11. The normalized spacial score (nSPS) is 12.5. The maximum atomic E-state index is 6.29. The van der Waals surface area contributed by atoms with Crippen LogP contribution in [0.4, 0.5) is 0 Å². The average Bonchev–Trinajstić information content (AvgIpc) is 1.83. The number of rotatable bonds is 1. The maximum Gasteiger partial charge on any atom is 0.139 e. The Balaban J connectivity index is 3.69. The molecule has 0 aliphatic heterocycles. The molecule has 0 spiro atoms. The Morgan fingerprint density at radius 1 is 1.62 bits per heavy atom. The van der Waals surface area contributed by atoms with E-state index in [1.54, 1.807) is 14.0 Å². The first-order valence-corrected chi connectivity index (χ1v) is 2.13. The number of hydrogen-bond donors (Lipinski definition) is 1. The Bertz CT molecular complexity index is 124. The molecular formula is C4H8N4. The van der Waals surface area contributed by atoms with E-state index in [1.807, 2.05) is 0 Å². The maximum absolute atomic E-state index is 6.29. The second-order valence-corrected chi connectivity index (χ2v) is 1.14. The highest BCUT2D eigenvalue weighted by molar-refractivity contribution is 5.86. The van der Waals surface area contributed by atoms with Crippen LogP contribution >= 0.6 is 0 Å². The SMILES string of the molecule is C/N=C(C)\N=C/N=N. The lowest BCUT2D eigenvalue weighted by Gasteiger charge is -1.80. The summed E-state index contributed by atoms with van der Waals surface area (Å²) in [6.45, 7) is 1.74. The zero-order valence-corrected chi connectivity index (χ0v) is 4.92. The van der Waals surface area contributed by atoms with Gasteiger partial charge in [-0.1, -0.05) is 0 Å². The highest BCUT2D eigenvalue weighted by Gasteiger charge is 1.74. The lowest BCUT2D eigenvalue weighted by molar-refractivity contribution is 1.20. The molecule has 1 N–H and O–H groups in total. The van der Waals surface area contributed by atoms with E-state index in [0.717, 1.165) is 6.34 Å². The van der Waals surface area contributed by atoms with Crippen molar-refractivity contribution < 1.29 is 0 Å². The molecule has 4 heteroatoms. The minimum Gasteiger partial charge on any atom is -0.274 e. The molecule has 0 saturated heterocycles. The molecule has 0 aliphatic carbocycles. The number of nitrogens with one attached hydrogen (secondary N) is 1. The second-order valence-electron chi connectivity index (χ2n) is 1.14. The Morgan fingerprint density at radius 3 is 2.62 bits per heavy atom. The van der Waals surface area contributed by atoms with Gasteiger partial charge in [0, 0.05) is 7.05 Å². The highest BCUT2D eigenvalue weighted by atomic mass is 15.0. The van der Waals surface area contributed by atoms with E-state index in [0.29, 0.717) is 5.84 Å². The van der Waals surface area contributed by atoms with E-state index in [-0.39, 0.29) is 0 Å². The van der Waals surface area contributed by atoms with Crippen molar-refractivity contribution in [2.45, 2.75) is 6.92 Å². The first-order chi connectivity index (χ1) is 3.81. The van der Waals surface area contributed by atoms with Gasteiger partial charge >= 0.3 is 0 Å². The van der Waals surface area contributed by atoms with Gasteiger partial charge in [-0.3, -0.25) is 4.99 Å². The zero-order chi connectivity index (χ0) is 6.41. The molecule has 0 fully saturated rings. The molecule has 0 rings (SSSR count). The van der Waals surface area contributed by atoms with Crippen LogP contribution in [0, 0.1) is 5.53 Å². The smallest absolute Gasteiger partial charge is 0.139 e. The Labute approximate surface area is 47.9 Å². The van der Waals surface area contributed by atoms with Crippen LogP contribution in [-0.4, -0.2) is 19.2 Å². The fraction of sp³-hybridized carbons (Fsp3) is 0.500. The molecule has 0 radical (unpaired) electrons. The van der Waals surface area contributed by atoms with Gasteiger partial charge < -0.3 is 0 Å². The van der Waals surface area contributed by atoms with E-state index in [2.05, 4.69) is 15.1 Å². The number of aliphatic imine (C=N–C) groups is 2. The summed E-state index contributed by atoms with van der Waals surface area (Å²) in [4.78, 5) is 7.33. The lowest BCUT2D eigenvalue weighted by Crippen LogP contribution is -1.82. The lowest BCUT2D eigenvalue weighted by atomic mass is 10.7.